The van der Waals surface area contributed by atoms with Gasteiger partial charge in [-0.3, -0.25) is 4.79 Å². The minimum Gasteiger partial charge on any atom is -0.368 e. The Kier molecular flexibility index (Phi) is 5.77. The lowest BCUT2D eigenvalue weighted by atomic mass is 9.96. The van der Waals surface area contributed by atoms with Crippen LogP contribution in [0.5, 0.6) is 0 Å². The van der Waals surface area contributed by atoms with Crippen LogP contribution >= 0.6 is 0 Å². The highest BCUT2D eigenvalue weighted by Crippen LogP contribution is 2.30. The number of fused-ring (bicyclic) bond motifs is 1. The zero-order valence-corrected chi connectivity index (χ0v) is 15.1. The first-order chi connectivity index (χ1) is 11.7. The Labute approximate surface area is 146 Å². The Morgan fingerprint density at radius 1 is 1.29 bits per heavy atom. The summed E-state index contributed by atoms with van der Waals surface area (Å²) in [6.45, 7) is 5.99. The number of para-hydroxylation sites is 1. The van der Waals surface area contributed by atoms with Gasteiger partial charge in [0.2, 0.25) is 5.91 Å². The second kappa shape index (κ2) is 8.02. The van der Waals surface area contributed by atoms with E-state index in [1.807, 2.05) is 7.05 Å². The second-order valence-corrected chi connectivity index (χ2v) is 7.37. The number of hydrogen-bond donors (Lipinski definition) is 1. The number of nitrogens with zero attached hydrogens (tertiary/aromatic N) is 2. The molecule has 1 aromatic rings. The van der Waals surface area contributed by atoms with E-state index in [2.05, 4.69) is 46.3 Å². The van der Waals surface area contributed by atoms with Crippen LogP contribution in [0.25, 0.3) is 0 Å². The fraction of sp³-hybridized carbons (Fsp3) is 0.650. The maximum absolute atomic E-state index is 12.7. The third kappa shape index (κ3) is 3.92. The highest BCUT2D eigenvalue weighted by atomic mass is 16.2. The molecule has 0 bridgehead atoms. The van der Waals surface area contributed by atoms with Crippen LogP contribution in [0.2, 0.25) is 0 Å². The van der Waals surface area contributed by atoms with Crippen LogP contribution in [0.3, 0.4) is 0 Å². The first-order valence-electron chi connectivity index (χ1n) is 9.46. The molecular formula is C20H31N3O. The van der Waals surface area contributed by atoms with E-state index in [9.17, 15) is 4.79 Å². The van der Waals surface area contributed by atoms with Gasteiger partial charge in [0.25, 0.3) is 0 Å². The van der Waals surface area contributed by atoms with Gasteiger partial charge in [-0.15, -0.1) is 0 Å². The molecule has 2 heterocycles. The Morgan fingerprint density at radius 3 is 2.96 bits per heavy atom. The monoisotopic (exact) mass is 329 g/mol. The number of piperidine rings is 1. The predicted molar refractivity (Wildman–Crippen MR) is 99.4 cm³/mol. The van der Waals surface area contributed by atoms with Crippen molar-refractivity contribution in [2.45, 2.75) is 45.1 Å². The van der Waals surface area contributed by atoms with Gasteiger partial charge in [0.1, 0.15) is 0 Å². The van der Waals surface area contributed by atoms with E-state index in [0.717, 1.165) is 39.0 Å². The van der Waals surface area contributed by atoms with Gasteiger partial charge in [-0.2, -0.15) is 0 Å². The number of likely N-dealkylation sites (tertiary alicyclic amines) is 1. The van der Waals surface area contributed by atoms with Gasteiger partial charge in [-0.05, 0) is 63.7 Å². The molecule has 2 atom stereocenters. The van der Waals surface area contributed by atoms with E-state index >= 15 is 0 Å². The summed E-state index contributed by atoms with van der Waals surface area (Å²) >= 11 is 0. The summed E-state index contributed by atoms with van der Waals surface area (Å²) in [7, 11) is 2.00. The summed E-state index contributed by atoms with van der Waals surface area (Å²) in [4.78, 5) is 17.2. The predicted octanol–water partition coefficient (Wildman–Crippen LogP) is 2.68. The summed E-state index contributed by atoms with van der Waals surface area (Å²) in [5.74, 6) is 0.938. The molecule has 4 heteroatoms. The van der Waals surface area contributed by atoms with Crippen LogP contribution in [0.15, 0.2) is 24.3 Å². The molecule has 1 N–H and O–H groups in total. The van der Waals surface area contributed by atoms with Crippen molar-refractivity contribution >= 4 is 11.6 Å². The molecule has 0 radical (unpaired) electrons. The zero-order valence-electron chi connectivity index (χ0n) is 15.1. The van der Waals surface area contributed by atoms with Crippen LogP contribution in [0, 0.1) is 5.92 Å². The largest absolute Gasteiger partial charge is 0.368 e. The lowest BCUT2D eigenvalue weighted by Gasteiger charge is -2.38. The second-order valence-electron chi connectivity index (χ2n) is 7.37. The fourth-order valence-electron chi connectivity index (χ4n) is 4.22. The lowest BCUT2D eigenvalue weighted by molar-refractivity contribution is -0.132. The van der Waals surface area contributed by atoms with E-state index < -0.39 is 0 Å². The number of nitrogens with one attached hydrogen (secondary N) is 1. The molecule has 3 rings (SSSR count). The minimum absolute atomic E-state index is 0.325. The minimum atomic E-state index is 0.325. The highest BCUT2D eigenvalue weighted by Gasteiger charge is 2.26. The maximum Gasteiger partial charge on any atom is 0.224 e. The van der Waals surface area contributed by atoms with Crippen LogP contribution in [0.1, 0.15) is 38.2 Å². The van der Waals surface area contributed by atoms with Crippen molar-refractivity contribution in [1.29, 1.82) is 0 Å². The standard InChI is InChI=1S/C20H31N3O/c1-16-9-10-18-7-3-4-8-19(18)23(16)13-11-20(24)22-12-5-6-17(15-22)14-21-2/h3-4,7-8,16-17,21H,5-6,9-15H2,1-2H3/t16-,17+/m1/s1. The van der Waals surface area contributed by atoms with E-state index in [1.54, 1.807) is 0 Å². The van der Waals surface area contributed by atoms with Gasteiger partial charge >= 0.3 is 0 Å². The van der Waals surface area contributed by atoms with E-state index in [-0.39, 0.29) is 0 Å². The van der Waals surface area contributed by atoms with Crippen LogP contribution < -0.4 is 10.2 Å². The Morgan fingerprint density at radius 2 is 2.12 bits per heavy atom. The van der Waals surface area contributed by atoms with Crippen molar-refractivity contribution in [3.05, 3.63) is 29.8 Å². The molecule has 0 aromatic heterocycles. The number of hydrogen-bond acceptors (Lipinski definition) is 3. The number of rotatable bonds is 5. The van der Waals surface area contributed by atoms with Crippen molar-refractivity contribution in [3.8, 4) is 0 Å². The molecule has 132 valence electrons. The summed E-state index contributed by atoms with van der Waals surface area (Å²) in [5, 5.41) is 3.25. The molecule has 1 saturated heterocycles. The molecule has 2 aliphatic rings. The molecular weight excluding hydrogens is 298 g/mol. The SMILES string of the molecule is CNC[C@@H]1CCCN(C(=O)CCN2c3ccccc3CC[C@H]2C)C1. The number of carbonyl (C=O) groups excluding carboxylic acids is 1. The Bertz CT molecular complexity index is 558. The third-order valence-corrected chi connectivity index (χ3v) is 5.60. The number of amides is 1. The quantitative estimate of drug-likeness (QED) is 0.902. The third-order valence-electron chi connectivity index (χ3n) is 5.60. The molecule has 0 unspecified atom stereocenters. The fourth-order valence-corrected chi connectivity index (χ4v) is 4.22. The number of aryl methyl sites for hydroxylation is 1. The molecule has 2 aliphatic heterocycles. The average Bonchev–Trinajstić information content (AvgIpc) is 2.61. The molecule has 0 aliphatic carbocycles. The molecule has 0 saturated carbocycles. The van der Waals surface area contributed by atoms with Crippen molar-refractivity contribution in [2.75, 3.05) is 38.1 Å². The Balaban J connectivity index is 1.58. The van der Waals surface area contributed by atoms with E-state index in [4.69, 9.17) is 0 Å². The summed E-state index contributed by atoms with van der Waals surface area (Å²) in [5.41, 5.74) is 2.76. The molecule has 1 amide bonds. The molecule has 24 heavy (non-hydrogen) atoms. The van der Waals surface area contributed by atoms with E-state index in [0.29, 0.717) is 24.3 Å². The molecule has 4 nitrogen and oxygen atoms in total. The summed E-state index contributed by atoms with van der Waals surface area (Å²) < 4.78 is 0. The highest BCUT2D eigenvalue weighted by molar-refractivity contribution is 5.77. The topological polar surface area (TPSA) is 35.6 Å². The summed E-state index contributed by atoms with van der Waals surface area (Å²) in [6.07, 6.45) is 5.34. The van der Waals surface area contributed by atoms with Crippen LogP contribution in [0.4, 0.5) is 5.69 Å². The van der Waals surface area contributed by atoms with E-state index in [1.165, 1.54) is 24.1 Å². The molecule has 1 fully saturated rings. The van der Waals surface area contributed by atoms with Crippen LogP contribution in [-0.2, 0) is 11.2 Å². The first-order valence-corrected chi connectivity index (χ1v) is 9.46. The summed E-state index contributed by atoms with van der Waals surface area (Å²) in [6, 6.07) is 9.18. The average molecular weight is 329 g/mol. The normalized spacial score (nSPS) is 23.9. The van der Waals surface area contributed by atoms with Gasteiger partial charge in [0.05, 0.1) is 0 Å². The van der Waals surface area contributed by atoms with Gasteiger partial charge in [0, 0.05) is 37.8 Å². The molecule has 1 aromatic carbocycles. The number of benzene rings is 1. The number of anilines is 1. The van der Waals surface area contributed by atoms with Crippen LogP contribution in [-0.4, -0.2) is 50.1 Å². The van der Waals surface area contributed by atoms with Crippen molar-refractivity contribution in [1.82, 2.24) is 10.2 Å². The van der Waals surface area contributed by atoms with Crippen molar-refractivity contribution < 1.29 is 4.79 Å². The molecule has 0 spiro atoms. The van der Waals surface area contributed by atoms with Crippen molar-refractivity contribution in [2.24, 2.45) is 5.92 Å². The van der Waals surface area contributed by atoms with Gasteiger partial charge in [-0.25, -0.2) is 0 Å². The lowest BCUT2D eigenvalue weighted by Crippen LogP contribution is -2.44. The first kappa shape index (κ1) is 17.3. The van der Waals surface area contributed by atoms with Crippen molar-refractivity contribution in [3.63, 3.8) is 0 Å². The van der Waals surface area contributed by atoms with Gasteiger partial charge in [-0.1, -0.05) is 18.2 Å². The van der Waals surface area contributed by atoms with Gasteiger partial charge in [0.15, 0.2) is 0 Å². The zero-order chi connectivity index (χ0) is 16.9. The maximum atomic E-state index is 12.7. The smallest absolute Gasteiger partial charge is 0.224 e. The Hall–Kier alpha value is -1.55. The van der Waals surface area contributed by atoms with Gasteiger partial charge < -0.3 is 15.1 Å². The number of carbonyl (C=O) groups is 1.